The van der Waals surface area contributed by atoms with Crippen LogP contribution < -0.4 is 10.2 Å². The van der Waals surface area contributed by atoms with E-state index in [1.54, 1.807) is 6.33 Å². The minimum atomic E-state index is 0.248. The van der Waals surface area contributed by atoms with Crippen molar-refractivity contribution >= 4 is 22.4 Å². The fraction of sp³-hybridized carbons (Fsp3) is 0.364. The normalized spacial score (nSPS) is 17.2. The Bertz CT molecular complexity index is 893. The molecular formula is C22H26N4O. The number of fused-ring (bicyclic) bond motifs is 1. The first-order chi connectivity index (χ1) is 13.3. The largest absolute Gasteiger partial charge is 0.396 e. The number of nitrogens with zero attached hydrogens (tertiary/aromatic N) is 3. The molecule has 0 amide bonds. The topological polar surface area (TPSA) is 61.3 Å². The van der Waals surface area contributed by atoms with Crippen LogP contribution in [0.5, 0.6) is 0 Å². The molecule has 1 saturated heterocycles. The number of anilines is 2. The monoisotopic (exact) mass is 362 g/mol. The number of rotatable bonds is 6. The highest BCUT2D eigenvalue weighted by Crippen LogP contribution is 2.23. The second-order valence-corrected chi connectivity index (χ2v) is 7.21. The van der Waals surface area contributed by atoms with E-state index in [0.717, 1.165) is 50.5 Å². The molecule has 1 aliphatic heterocycles. The van der Waals surface area contributed by atoms with Crippen LogP contribution in [0.3, 0.4) is 0 Å². The lowest BCUT2D eigenvalue weighted by atomic mass is 9.99. The highest BCUT2D eigenvalue weighted by molar-refractivity contribution is 5.85. The van der Waals surface area contributed by atoms with Crippen molar-refractivity contribution < 1.29 is 5.11 Å². The van der Waals surface area contributed by atoms with Crippen molar-refractivity contribution in [3.63, 3.8) is 0 Å². The lowest BCUT2D eigenvalue weighted by molar-refractivity contribution is 0.208. The summed E-state index contributed by atoms with van der Waals surface area (Å²) in [4.78, 5) is 11.1. The van der Waals surface area contributed by atoms with Crippen LogP contribution in [0.2, 0.25) is 0 Å². The Morgan fingerprint density at radius 2 is 2.00 bits per heavy atom. The third-order valence-electron chi connectivity index (χ3n) is 5.33. The zero-order chi connectivity index (χ0) is 18.5. The molecule has 4 rings (SSSR count). The molecule has 5 nitrogen and oxygen atoms in total. The molecule has 1 fully saturated rings. The summed E-state index contributed by atoms with van der Waals surface area (Å²) in [6.07, 6.45) is 4.75. The van der Waals surface area contributed by atoms with Crippen molar-refractivity contribution in [1.29, 1.82) is 0 Å². The lowest BCUT2D eigenvalue weighted by Gasteiger charge is -2.32. The van der Waals surface area contributed by atoms with E-state index in [4.69, 9.17) is 0 Å². The summed E-state index contributed by atoms with van der Waals surface area (Å²) in [5.41, 5.74) is 1.34. The fourth-order valence-corrected chi connectivity index (χ4v) is 3.87. The summed E-state index contributed by atoms with van der Waals surface area (Å²) < 4.78 is 0. The van der Waals surface area contributed by atoms with Crippen LogP contribution in [0.1, 0.15) is 18.4 Å². The van der Waals surface area contributed by atoms with E-state index in [-0.39, 0.29) is 6.61 Å². The van der Waals surface area contributed by atoms with E-state index >= 15 is 0 Å². The SMILES string of the molecule is OCC1CCCN(c2cc(NCCc3cccc4ccccc34)ncn2)C1. The van der Waals surface area contributed by atoms with Crippen molar-refractivity contribution in [3.05, 3.63) is 60.4 Å². The Labute approximate surface area is 160 Å². The van der Waals surface area contributed by atoms with Gasteiger partial charge in [0.1, 0.15) is 18.0 Å². The molecule has 0 spiro atoms. The fourth-order valence-electron chi connectivity index (χ4n) is 3.87. The van der Waals surface area contributed by atoms with Crippen molar-refractivity contribution in [2.45, 2.75) is 19.3 Å². The first-order valence-electron chi connectivity index (χ1n) is 9.72. The van der Waals surface area contributed by atoms with Crippen LogP contribution in [0.25, 0.3) is 10.8 Å². The number of hydrogen-bond acceptors (Lipinski definition) is 5. The van der Waals surface area contributed by atoms with Crippen LogP contribution in [-0.2, 0) is 6.42 Å². The summed E-state index contributed by atoms with van der Waals surface area (Å²) in [7, 11) is 0. The Morgan fingerprint density at radius 1 is 1.11 bits per heavy atom. The first-order valence-corrected chi connectivity index (χ1v) is 9.72. The van der Waals surface area contributed by atoms with Crippen LogP contribution in [0.4, 0.5) is 11.6 Å². The second kappa shape index (κ2) is 8.35. The maximum Gasteiger partial charge on any atom is 0.134 e. The summed E-state index contributed by atoms with van der Waals surface area (Å²) in [6.45, 7) is 2.92. The number of piperidine rings is 1. The Morgan fingerprint density at radius 3 is 2.93 bits per heavy atom. The number of aliphatic hydroxyl groups excluding tert-OH is 1. The lowest BCUT2D eigenvalue weighted by Crippen LogP contribution is -2.37. The van der Waals surface area contributed by atoms with Crippen molar-refractivity contribution in [3.8, 4) is 0 Å². The molecule has 1 aliphatic rings. The Hall–Kier alpha value is -2.66. The molecule has 2 N–H and O–H groups in total. The molecule has 0 bridgehead atoms. The van der Waals surface area contributed by atoms with E-state index < -0.39 is 0 Å². The third-order valence-corrected chi connectivity index (χ3v) is 5.33. The van der Waals surface area contributed by atoms with Gasteiger partial charge in [-0.15, -0.1) is 0 Å². The second-order valence-electron chi connectivity index (χ2n) is 7.21. The van der Waals surface area contributed by atoms with E-state index in [0.29, 0.717) is 5.92 Å². The Balaban J connectivity index is 1.40. The minimum absolute atomic E-state index is 0.248. The van der Waals surface area contributed by atoms with Crippen LogP contribution in [0.15, 0.2) is 54.9 Å². The van der Waals surface area contributed by atoms with E-state index in [2.05, 4.69) is 62.6 Å². The van der Waals surface area contributed by atoms with E-state index in [1.165, 1.54) is 16.3 Å². The number of aliphatic hydroxyl groups is 1. The van der Waals surface area contributed by atoms with Gasteiger partial charge in [0.2, 0.25) is 0 Å². The number of nitrogens with one attached hydrogen (secondary N) is 1. The van der Waals surface area contributed by atoms with E-state index in [1.807, 2.05) is 6.07 Å². The molecule has 1 aromatic heterocycles. The quantitative estimate of drug-likeness (QED) is 0.703. The van der Waals surface area contributed by atoms with Crippen LogP contribution >= 0.6 is 0 Å². The molecule has 140 valence electrons. The minimum Gasteiger partial charge on any atom is -0.396 e. The van der Waals surface area contributed by atoms with Gasteiger partial charge in [0.15, 0.2) is 0 Å². The van der Waals surface area contributed by atoms with Crippen LogP contribution in [0, 0.1) is 5.92 Å². The molecule has 5 heteroatoms. The maximum absolute atomic E-state index is 9.44. The van der Waals surface area contributed by atoms with Gasteiger partial charge in [-0.25, -0.2) is 9.97 Å². The van der Waals surface area contributed by atoms with Gasteiger partial charge in [0.05, 0.1) is 0 Å². The van der Waals surface area contributed by atoms with Crippen molar-refractivity contribution in [1.82, 2.24) is 9.97 Å². The molecular weight excluding hydrogens is 336 g/mol. The van der Waals surface area contributed by atoms with Gasteiger partial charge < -0.3 is 15.3 Å². The number of benzene rings is 2. The van der Waals surface area contributed by atoms with Gasteiger partial charge in [-0.05, 0) is 41.5 Å². The summed E-state index contributed by atoms with van der Waals surface area (Å²) in [6, 6.07) is 17.0. The molecule has 0 radical (unpaired) electrons. The number of hydrogen-bond donors (Lipinski definition) is 2. The average Bonchev–Trinajstić information content (AvgIpc) is 2.74. The standard InChI is InChI=1S/C22H26N4O/c27-15-17-5-4-12-26(14-17)22-13-21(24-16-25-22)23-11-10-19-8-3-7-18-6-1-2-9-20(18)19/h1-3,6-9,13,16-17,27H,4-5,10-12,14-15H2,(H,23,24,25). The van der Waals surface area contributed by atoms with Gasteiger partial charge >= 0.3 is 0 Å². The predicted molar refractivity (Wildman–Crippen MR) is 110 cm³/mol. The maximum atomic E-state index is 9.44. The third kappa shape index (κ3) is 4.19. The molecule has 2 aromatic carbocycles. The molecule has 0 saturated carbocycles. The van der Waals surface area contributed by atoms with Gasteiger partial charge in [-0.2, -0.15) is 0 Å². The molecule has 0 aliphatic carbocycles. The molecule has 1 unspecified atom stereocenters. The Kier molecular flexibility index (Phi) is 5.49. The van der Waals surface area contributed by atoms with Gasteiger partial charge in [0, 0.05) is 32.3 Å². The smallest absolute Gasteiger partial charge is 0.134 e. The summed E-state index contributed by atoms with van der Waals surface area (Å²) in [5, 5.41) is 15.5. The number of aromatic nitrogens is 2. The molecule has 2 heterocycles. The zero-order valence-electron chi connectivity index (χ0n) is 15.5. The summed E-state index contributed by atoms with van der Waals surface area (Å²) in [5.74, 6) is 2.14. The molecule has 1 atom stereocenters. The zero-order valence-corrected chi connectivity index (χ0v) is 15.5. The highest BCUT2D eigenvalue weighted by Gasteiger charge is 2.20. The van der Waals surface area contributed by atoms with Crippen LogP contribution in [-0.4, -0.2) is 41.3 Å². The van der Waals surface area contributed by atoms with Crippen molar-refractivity contribution in [2.75, 3.05) is 36.5 Å². The highest BCUT2D eigenvalue weighted by atomic mass is 16.3. The average molecular weight is 362 g/mol. The van der Waals surface area contributed by atoms with Gasteiger partial charge in [-0.3, -0.25) is 0 Å². The summed E-state index contributed by atoms with van der Waals surface area (Å²) >= 11 is 0. The van der Waals surface area contributed by atoms with Gasteiger partial charge in [0.25, 0.3) is 0 Å². The van der Waals surface area contributed by atoms with Crippen molar-refractivity contribution in [2.24, 2.45) is 5.92 Å². The predicted octanol–water partition coefficient (Wildman–Crippen LogP) is 3.49. The van der Waals surface area contributed by atoms with Gasteiger partial charge in [-0.1, -0.05) is 42.5 Å². The molecule has 3 aromatic rings. The first kappa shape index (κ1) is 17.7. The van der Waals surface area contributed by atoms with E-state index in [9.17, 15) is 5.11 Å². The molecule has 27 heavy (non-hydrogen) atoms.